The van der Waals surface area contributed by atoms with E-state index >= 15 is 0 Å². The predicted octanol–water partition coefficient (Wildman–Crippen LogP) is -3.95. The van der Waals surface area contributed by atoms with Gasteiger partial charge in [-0.05, 0) is 0 Å². The molecule has 1 aromatic rings. The zero-order valence-electron chi connectivity index (χ0n) is 6.31. The van der Waals surface area contributed by atoms with Gasteiger partial charge in [-0.15, -0.1) is 9.46 Å². The first-order chi connectivity index (χ1) is 5.04. The summed E-state index contributed by atoms with van der Waals surface area (Å²) in [5, 5.41) is 31.3. The molecule has 0 saturated heterocycles. The second-order valence-corrected chi connectivity index (χ2v) is 1.74. The minimum absolute atomic E-state index is 0. The summed E-state index contributed by atoms with van der Waals surface area (Å²) in [4.78, 5) is 3.18. The number of nitrogens with zero attached hydrogens (tertiary/aromatic N) is 3. The average molecular weight is 194 g/mol. The van der Waals surface area contributed by atoms with Gasteiger partial charge in [0.05, 0.1) is 0 Å². The molecule has 1 heterocycles. The fourth-order valence-corrected chi connectivity index (χ4v) is 0.502. The molecular formula is C3H10N6O4. The third-order valence-corrected chi connectivity index (χ3v) is 1.04. The quantitative estimate of drug-likeness (QED) is 0.262. The maximum atomic E-state index is 8.79. The first kappa shape index (κ1) is 13.5. The molecule has 10 nitrogen and oxygen atoms in total. The van der Waals surface area contributed by atoms with Crippen molar-refractivity contribution < 1.29 is 21.4 Å². The highest BCUT2D eigenvalue weighted by atomic mass is 16.5. The Morgan fingerprint density at radius 2 is 1.62 bits per heavy atom. The van der Waals surface area contributed by atoms with Gasteiger partial charge in [0.25, 0.3) is 11.2 Å². The van der Waals surface area contributed by atoms with E-state index in [0.29, 0.717) is 0 Å². The normalized spacial score (nSPS) is 8.31. The number of rotatable bonds is 0. The van der Waals surface area contributed by atoms with E-state index < -0.39 is 17.2 Å². The van der Waals surface area contributed by atoms with E-state index in [-0.39, 0.29) is 20.4 Å². The molecule has 10 heteroatoms. The SMILES string of the molecule is N=c1nc(N)n(O)c(=N)n1O.O.O. The monoisotopic (exact) mass is 194 g/mol. The molecule has 0 bridgehead atoms. The lowest BCUT2D eigenvalue weighted by Gasteiger charge is -2.02. The fraction of sp³-hybridized carbons (Fsp3) is 0. The van der Waals surface area contributed by atoms with Crippen LogP contribution in [0.25, 0.3) is 0 Å². The Bertz CT molecular complexity index is 392. The lowest BCUT2D eigenvalue weighted by molar-refractivity contribution is 0.0886. The molecule has 0 spiro atoms. The molecule has 0 radical (unpaired) electrons. The van der Waals surface area contributed by atoms with E-state index in [9.17, 15) is 0 Å². The van der Waals surface area contributed by atoms with E-state index in [0.717, 1.165) is 0 Å². The molecule has 0 saturated carbocycles. The highest BCUT2D eigenvalue weighted by Crippen LogP contribution is 1.79. The second kappa shape index (κ2) is 4.08. The van der Waals surface area contributed by atoms with Crippen LogP contribution in [0.2, 0.25) is 0 Å². The summed E-state index contributed by atoms with van der Waals surface area (Å²) in [5.41, 5.74) is 3.68. The van der Waals surface area contributed by atoms with Crippen LogP contribution in [0, 0.1) is 10.8 Å². The van der Waals surface area contributed by atoms with Gasteiger partial charge in [0.2, 0.25) is 5.95 Å². The fourth-order valence-electron chi connectivity index (χ4n) is 0.502. The van der Waals surface area contributed by atoms with Gasteiger partial charge in [0.1, 0.15) is 0 Å². The molecule has 10 N–H and O–H groups in total. The summed E-state index contributed by atoms with van der Waals surface area (Å²) in [6.07, 6.45) is 0. The minimum Gasteiger partial charge on any atom is -0.422 e. The molecule has 0 amide bonds. The number of anilines is 1. The van der Waals surface area contributed by atoms with Crippen LogP contribution >= 0.6 is 0 Å². The number of nitrogens with two attached hydrogens (primary N) is 1. The van der Waals surface area contributed by atoms with Gasteiger partial charge in [-0.2, -0.15) is 4.98 Å². The van der Waals surface area contributed by atoms with Gasteiger partial charge < -0.3 is 27.1 Å². The number of nitrogens with one attached hydrogen (secondary N) is 2. The highest BCUT2D eigenvalue weighted by molar-refractivity contribution is 5.10. The number of hydrogen-bond donors (Lipinski definition) is 5. The van der Waals surface area contributed by atoms with Gasteiger partial charge >= 0.3 is 0 Å². The lowest BCUT2D eigenvalue weighted by Crippen LogP contribution is -2.41. The molecule has 0 aliphatic carbocycles. The zero-order chi connectivity index (χ0) is 8.59. The van der Waals surface area contributed by atoms with Crippen LogP contribution in [-0.2, 0) is 0 Å². The Balaban J connectivity index is 0. The molecule has 0 aliphatic rings. The van der Waals surface area contributed by atoms with E-state index in [4.69, 9.17) is 27.0 Å². The van der Waals surface area contributed by atoms with Crippen LogP contribution in [0.3, 0.4) is 0 Å². The maximum Gasteiger partial charge on any atom is 0.276 e. The van der Waals surface area contributed by atoms with Gasteiger partial charge in [-0.25, -0.2) is 0 Å². The molecular weight excluding hydrogens is 184 g/mol. The summed E-state index contributed by atoms with van der Waals surface area (Å²) in [7, 11) is 0. The van der Waals surface area contributed by atoms with E-state index in [1.54, 1.807) is 0 Å². The van der Waals surface area contributed by atoms with Gasteiger partial charge in [0.15, 0.2) is 0 Å². The third kappa shape index (κ3) is 1.94. The first-order valence-electron chi connectivity index (χ1n) is 2.53. The molecule has 0 aromatic carbocycles. The molecule has 0 fully saturated rings. The Kier molecular flexibility index (Phi) is 4.24. The number of nitrogen functional groups attached to an aromatic ring is 1. The Labute approximate surface area is 70.7 Å². The van der Waals surface area contributed by atoms with Crippen LogP contribution in [0.5, 0.6) is 0 Å². The molecule has 0 unspecified atom stereocenters. The van der Waals surface area contributed by atoms with Crippen LogP contribution in [-0.4, -0.2) is 35.8 Å². The molecule has 1 rings (SSSR count). The second-order valence-electron chi connectivity index (χ2n) is 1.74. The van der Waals surface area contributed by atoms with E-state index in [1.807, 2.05) is 0 Å². The van der Waals surface area contributed by atoms with Crippen molar-refractivity contribution in [2.75, 3.05) is 5.73 Å². The van der Waals surface area contributed by atoms with Crippen molar-refractivity contribution in [3.8, 4) is 0 Å². The Morgan fingerprint density at radius 3 is 2.08 bits per heavy atom. The molecule has 76 valence electrons. The van der Waals surface area contributed by atoms with Crippen LogP contribution in [0.15, 0.2) is 0 Å². The zero-order valence-corrected chi connectivity index (χ0v) is 6.31. The first-order valence-corrected chi connectivity index (χ1v) is 2.53. The lowest BCUT2D eigenvalue weighted by atomic mass is 10.9. The van der Waals surface area contributed by atoms with Gasteiger partial charge in [-0.3, -0.25) is 10.8 Å². The van der Waals surface area contributed by atoms with Crippen molar-refractivity contribution in [2.45, 2.75) is 0 Å². The number of hydrogen-bond acceptors (Lipinski definition) is 6. The van der Waals surface area contributed by atoms with Crippen molar-refractivity contribution in [1.29, 1.82) is 10.8 Å². The molecule has 1 aromatic heterocycles. The highest BCUT2D eigenvalue weighted by Gasteiger charge is 2.01. The standard InChI is InChI=1S/C3H6N6O2.2H2O/c4-1-7-2(5)9(11)3(6)8(1)10;;/h6,10-11H,(H3,4,5,7);2*1H2. The Morgan fingerprint density at radius 1 is 1.15 bits per heavy atom. The summed E-state index contributed by atoms with van der Waals surface area (Å²) in [6, 6.07) is 0. The summed E-state index contributed by atoms with van der Waals surface area (Å²) < 4.78 is 0.231. The van der Waals surface area contributed by atoms with Crippen molar-refractivity contribution in [3.63, 3.8) is 0 Å². The number of aromatic nitrogens is 3. The predicted molar refractivity (Wildman–Crippen MR) is 37.9 cm³/mol. The minimum atomic E-state index is -0.734. The third-order valence-electron chi connectivity index (χ3n) is 1.04. The average Bonchev–Trinajstić information content (AvgIpc) is 1.97. The molecule has 0 aliphatic heterocycles. The molecule has 0 atom stereocenters. The summed E-state index contributed by atoms with van der Waals surface area (Å²) in [6.45, 7) is 0. The van der Waals surface area contributed by atoms with Gasteiger partial charge in [0, 0.05) is 0 Å². The van der Waals surface area contributed by atoms with Crippen molar-refractivity contribution in [1.82, 2.24) is 14.4 Å². The van der Waals surface area contributed by atoms with Crippen molar-refractivity contribution >= 4 is 5.95 Å². The topological polar surface area (TPSA) is 200 Å². The van der Waals surface area contributed by atoms with Crippen LogP contribution < -0.4 is 17.0 Å². The van der Waals surface area contributed by atoms with Crippen LogP contribution in [0.4, 0.5) is 5.95 Å². The smallest absolute Gasteiger partial charge is 0.276 e. The Hall–Kier alpha value is -2.07. The largest absolute Gasteiger partial charge is 0.422 e. The summed E-state index contributed by atoms with van der Waals surface area (Å²) in [5.74, 6) is -0.426. The summed E-state index contributed by atoms with van der Waals surface area (Å²) >= 11 is 0. The molecule has 13 heavy (non-hydrogen) atoms. The van der Waals surface area contributed by atoms with E-state index in [2.05, 4.69) is 4.98 Å². The van der Waals surface area contributed by atoms with Crippen molar-refractivity contribution in [3.05, 3.63) is 11.2 Å². The maximum absolute atomic E-state index is 8.79. The van der Waals surface area contributed by atoms with Crippen LogP contribution in [0.1, 0.15) is 0 Å². The van der Waals surface area contributed by atoms with E-state index in [1.165, 1.54) is 0 Å². The van der Waals surface area contributed by atoms with Gasteiger partial charge in [-0.1, -0.05) is 0 Å². The van der Waals surface area contributed by atoms with Crippen molar-refractivity contribution in [2.24, 2.45) is 0 Å².